The number of carbonyl (C=O) groups is 2. The zero-order valence-electron chi connectivity index (χ0n) is 9.98. The van der Waals surface area contributed by atoms with Gasteiger partial charge in [-0.2, -0.15) is 5.26 Å². The molecule has 1 aromatic rings. The summed E-state index contributed by atoms with van der Waals surface area (Å²) in [5.74, 6) is -0.853. The summed E-state index contributed by atoms with van der Waals surface area (Å²) in [7, 11) is 0. The van der Waals surface area contributed by atoms with Gasteiger partial charge in [0.05, 0.1) is 17.7 Å². The van der Waals surface area contributed by atoms with Crippen LogP contribution in [0.15, 0.2) is 18.3 Å². The maximum absolute atomic E-state index is 11.9. The van der Waals surface area contributed by atoms with E-state index >= 15 is 0 Å². The molecule has 1 aliphatic rings. The molecule has 2 atom stereocenters. The van der Waals surface area contributed by atoms with Crippen molar-refractivity contribution < 1.29 is 14.7 Å². The second kappa shape index (κ2) is 5.04. The van der Waals surface area contributed by atoms with Gasteiger partial charge >= 0.3 is 0 Å². The van der Waals surface area contributed by atoms with Crippen molar-refractivity contribution in [2.45, 2.75) is 25.0 Å². The molecule has 0 aromatic carbocycles. The smallest absolute Gasteiger partial charge is 0.257 e. The molecule has 19 heavy (non-hydrogen) atoms. The Morgan fingerprint density at radius 1 is 1.68 bits per heavy atom. The van der Waals surface area contributed by atoms with Crippen LogP contribution in [0.3, 0.4) is 0 Å². The van der Waals surface area contributed by atoms with Gasteiger partial charge in [-0.05, 0) is 12.1 Å². The van der Waals surface area contributed by atoms with Gasteiger partial charge in [-0.1, -0.05) is 0 Å². The van der Waals surface area contributed by atoms with Gasteiger partial charge in [-0.25, -0.2) is 4.98 Å². The molecule has 1 saturated heterocycles. The summed E-state index contributed by atoms with van der Waals surface area (Å²) in [5, 5.41) is 18.4. The fourth-order valence-corrected chi connectivity index (χ4v) is 2.13. The summed E-state index contributed by atoms with van der Waals surface area (Å²) in [6, 6.07) is 4.35. The topological polar surface area (TPSA) is 120 Å². The molecule has 3 N–H and O–H groups in total. The predicted octanol–water partition coefficient (Wildman–Crippen LogP) is -0.705. The number of hydrogen-bond donors (Lipinski definition) is 2. The van der Waals surface area contributed by atoms with E-state index in [0.29, 0.717) is 5.56 Å². The highest BCUT2D eigenvalue weighted by atomic mass is 16.3. The fourth-order valence-electron chi connectivity index (χ4n) is 2.13. The van der Waals surface area contributed by atoms with Gasteiger partial charge < -0.3 is 10.8 Å². The summed E-state index contributed by atoms with van der Waals surface area (Å²) in [4.78, 5) is 28.1. The first-order valence-electron chi connectivity index (χ1n) is 5.68. The number of nitriles is 1. The van der Waals surface area contributed by atoms with Crippen molar-refractivity contribution in [3.05, 3.63) is 23.9 Å². The predicted molar refractivity (Wildman–Crippen MR) is 64.7 cm³/mol. The van der Waals surface area contributed by atoms with E-state index < -0.39 is 24.0 Å². The van der Waals surface area contributed by atoms with Crippen molar-refractivity contribution in [2.24, 2.45) is 5.73 Å². The van der Waals surface area contributed by atoms with Gasteiger partial charge in [0.1, 0.15) is 11.9 Å². The van der Waals surface area contributed by atoms with Gasteiger partial charge in [-0.3, -0.25) is 14.5 Å². The molecule has 0 radical (unpaired) electrons. The van der Waals surface area contributed by atoms with E-state index in [0.717, 1.165) is 0 Å². The van der Waals surface area contributed by atoms with E-state index in [4.69, 9.17) is 11.0 Å². The van der Waals surface area contributed by atoms with Crippen LogP contribution in [0.25, 0.3) is 0 Å². The molecule has 98 valence electrons. The van der Waals surface area contributed by atoms with Crippen molar-refractivity contribution in [2.75, 3.05) is 4.90 Å². The van der Waals surface area contributed by atoms with Crippen LogP contribution in [0, 0.1) is 11.3 Å². The molecule has 0 spiro atoms. The number of aromatic nitrogens is 1. The Labute approximate surface area is 109 Å². The fraction of sp³-hybridized carbons (Fsp3) is 0.333. The Hall–Kier alpha value is -2.46. The number of aliphatic hydroxyl groups excluding tert-OH is 1. The molecular formula is C12H12N4O3. The number of primary amides is 1. The van der Waals surface area contributed by atoms with Crippen molar-refractivity contribution >= 4 is 17.6 Å². The highest BCUT2D eigenvalue weighted by Crippen LogP contribution is 2.27. The van der Waals surface area contributed by atoms with Crippen LogP contribution in [0.1, 0.15) is 18.4 Å². The van der Waals surface area contributed by atoms with Crippen LogP contribution in [0.5, 0.6) is 0 Å². The number of amides is 2. The van der Waals surface area contributed by atoms with E-state index in [1.807, 2.05) is 6.07 Å². The van der Waals surface area contributed by atoms with E-state index in [9.17, 15) is 14.7 Å². The quantitative estimate of drug-likeness (QED) is 0.744. The second-order valence-electron chi connectivity index (χ2n) is 4.30. The van der Waals surface area contributed by atoms with Crippen molar-refractivity contribution in [3.63, 3.8) is 0 Å². The first kappa shape index (κ1) is 13.0. The molecule has 2 unspecified atom stereocenters. The third-order valence-electron chi connectivity index (χ3n) is 2.94. The molecule has 0 aliphatic carbocycles. The number of carbonyl (C=O) groups excluding carboxylic acids is 2. The highest BCUT2D eigenvalue weighted by molar-refractivity contribution is 5.99. The molecule has 2 rings (SSSR count). The first-order valence-corrected chi connectivity index (χ1v) is 5.68. The van der Waals surface area contributed by atoms with E-state index in [-0.39, 0.29) is 18.7 Å². The molecule has 0 bridgehead atoms. The van der Waals surface area contributed by atoms with Crippen molar-refractivity contribution in [1.82, 2.24) is 4.98 Å². The Morgan fingerprint density at radius 3 is 3.05 bits per heavy atom. The monoisotopic (exact) mass is 260 g/mol. The standard InChI is InChI=1S/C12H12N4O3/c13-6-7-1-2-15-11(3-7)16-8(5-10(14)18)4-9(17)12(16)19/h1-3,8-9,17H,4-5H2,(H2,14,18). The maximum Gasteiger partial charge on any atom is 0.257 e. The van der Waals surface area contributed by atoms with E-state index in [1.165, 1.54) is 23.2 Å². The average Bonchev–Trinajstić information content (AvgIpc) is 2.64. The van der Waals surface area contributed by atoms with Crippen LogP contribution >= 0.6 is 0 Å². The molecular weight excluding hydrogens is 248 g/mol. The average molecular weight is 260 g/mol. The Balaban J connectivity index is 2.35. The second-order valence-corrected chi connectivity index (χ2v) is 4.30. The molecule has 1 aliphatic heterocycles. The largest absolute Gasteiger partial charge is 0.383 e. The first-order chi connectivity index (χ1) is 9.02. The van der Waals surface area contributed by atoms with Crippen molar-refractivity contribution in [3.8, 4) is 6.07 Å². The lowest BCUT2D eigenvalue weighted by Crippen LogP contribution is -2.37. The molecule has 7 heteroatoms. The summed E-state index contributed by atoms with van der Waals surface area (Å²) >= 11 is 0. The molecule has 7 nitrogen and oxygen atoms in total. The van der Waals surface area contributed by atoms with Crippen LogP contribution in [-0.4, -0.2) is 34.1 Å². The summed E-state index contributed by atoms with van der Waals surface area (Å²) < 4.78 is 0. The van der Waals surface area contributed by atoms with Crippen LogP contribution in [0.4, 0.5) is 5.82 Å². The number of pyridine rings is 1. The number of nitrogens with zero attached hydrogens (tertiary/aromatic N) is 3. The maximum atomic E-state index is 11.9. The Bertz CT molecular complexity index is 566. The van der Waals surface area contributed by atoms with Gasteiger partial charge in [0.25, 0.3) is 5.91 Å². The minimum Gasteiger partial charge on any atom is -0.383 e. The zero-order valence-corrected chi connectivity index (χ0v) is 9.98. The van der Waals surface area contributed by atoms with E-state index in [1.54, 1.807) is 0 Å². The van der Waals surface area contributed by atoms with Gasteiger partial charge in [0.2, 0.25) is 5.91 Å². The lowest BCUT2D eigenvalue weighted by Gasteiger charge is -2.22. The summed E-state index contributed by atoms with van der Waals surface area (Å²) in [5.41, 5.74) is 5.47. The minimum atomic E-state index is -1.17. The van der Waals surface area contributed by atoms with Gasteiger partial charge in [-0.15, -0.1) is 0 Å². The lowest BCUT2D eigenvalue weighted by molar-refractivity contribution is -0.124. The molecule has 1 fully saturated rings. The molecule has 0 saturated carbocycles. The SMILES string of the molecule is N#Cc1ccnc(N2C(=O)C(O)CC2CC(N)=O)c1. The Morgan fingerprint density at radius 2 is 2.42 bits per heavy atom. The summed E-state index contributed by atoms with van der Waals surface area (Å²) in [6.07, 6.45) is 0.297. The number of rotatable bonds is 3. The number of nitrogens with two attached hydrogens (primary N) is 1. The zero-order chi connectivity index (χ0) is 14.0. The van der Waals surface area contributed by atoms with Crippen molar-refractivity contribution in [1.29, 1.82) is 5.26 Å². The van der Waals surface area contributed by atoms with Crippen LogP contribution in [0.2, 0.25) is 0 Å². The van der Waals surface area contributed by atoms with Crippen LogP contribution in [-0.2, 0) is 9.59 Å². The van der Waals surface area contributed by atoms with Gasteiger partial charge in [0, 0.05) is 19.0 Å². The minimum absolute atomic E-state index is 0.0543. The molecule has 1 aromatic heterocycles. The molecule has 2 heterocycles. The Kier molecular flexibility index (Phi) is 3.44. The third kappa shape index (κ3) is 2.53. The van der Waals surface area contributed by atoms with Gasteiger partial charge in [0.15, 0.2) is 0 Å². The summed E-state index contributed by atoms with van der Waals surface area (Å²) in [6.45, 7) is 0. The highest BCUT2D eigenvalue weighted by Gasteiger charge is 2.40. The number of anilines is 1. The number of hydrogen-bond acceptors (Lipinski definition) is 5. The number of aliphatic hydroxyl groups is 1. The lowest BCUT2D eigenvalue weighted by atomic mass is 10.1. The van der Waals surface area contributed by atoms with Crippen LogP contribution < -0.4 is 10.6 Å². The normalized spacial score (nSPS) is 22.3. The third-order valence-corrected chi connectivity index (χ3v) is 2.94. The molecule has 2 amide bonds. The van der Waals surface area contributed by atoms with E-state index in [2.05, 4.69) is 4.98 Å².